The van der Waals surface area contributed by atoms with Gasteiger partial charge in [0.2, 0.25) is 0 Å². The van der Waals surface area contributed by atoms with Crippen molar-refractivity contribution in [2.24, 2.45) is 0 Å². The van der Waals surface area contributed by atoms with Crippen LogP contribution in [-0.2, 0) is 6.42 Å². The smallest absolute Gasteiger partial charge is 0.283 e. The van der Waals surface area contributed by atoms with Gasteiger partial charge in [0.1, 0.15) is 5.56 Å². The minimum Gasteiger partial charge on any atom is -0.308 e. The molecular formula is C17H15ClN2O3. The molecule has 1 heterocycles. The number of nitro benzene ring substituents is 1. The fraction of sp³-hybridized carbons (Fsp3) is 0.235. The summed E-state index contributed by atoms with van der Waals surface area (Å²) in [5.74, 6) is -0.359. The van der Waals surface area contributed by atoms with Crippen LogP contribution < -0.4 is 4.90 Å². The molecule has 0 radical (unpaired) electrons. The maximum atomic E-state index is 12.9. The topological polar surface area (TPSA) is 63.4 Å². The van der Waals surface area contributed by atoms with Crippen LogP contribution in [0.25, 0.3) is 0 Å². The van der Waals surface area contributed by atoms with Gasteiger partial charge < -0.3 is 4.90 Å². The second kappa shape index (κ2) is 6.38. The Hall–Kier alpha value is -2.40. The Morgan fingerprint density at radius 2 is 1.96 bits per heavy atom. The van der Waals surface area contributed by atoms with E-state index in [2.05, 4.69) is 0 Å². The third-order valence-corrected chi connectivity index (χ3v) is 4.23. The molecule has 118 valence electrons. The van der Waals surface area contributed by atoms with Gasteiger partial charge in [0, 0.05) is 23.3 Å². The van der Waals surface area contributed by atoms with E-state index in [1.807, 2.05) is 24.3 Å². The molecule has 0 fully saturated rings. The summed E-state index contributed by atoms with van der Waals surface area (Å²) in [7, 11) is 0. The number of amides is 1. The Bertz CT molecular complexity index is 776. The average Bonchev–Trinajstić information content (AvgIpc) is 2.76. The summed E-state index contributed by atoms with van der Waals surface area (Å²) >= 11 is 5.83. The Labute approximate surface area is 138 Å². The normalized spacial score (nSPS) is 14.0. The van der Waals surface area contributed by atoms with Crippen LogP contribution in [0, 0.1) is 10.1 Å². The van der Waals surface area contributed by atoms with E-state index in [1.165, 1.54) is 18.2 Å². The zero-order valence-corrected chi connectivity index (χ0v) is 13.1. The zero-order chi connectivity index (χ0) is 16.4. The molecule has 5 nitrogen and oxygen atoms in total. The third-order valence-electron chi connectivity index (χ3n) is 3.99. The number of hydrogen-bond acceptors (Lipinski definition) is 3. The van der Waals surface area contributed by atoms with Crippen molar-refractivity contribution in [1.29, 1.82) is 0 Å². The Balaban J connectivity index is 2.06. The quantitative estimate of drug-likeness (QED) is 0.611. The van der Waals surface area contributed by atoms with Gasteiger partial charge in [-0.3, -0.25) is 14.9 Å². The molecule has 1 aliphatic rings. The number of carbonyl (C=O) groups excluding carboxylic acids is 1. The van der Waals surface area contributed by atoms with Crippen LogP contribution in [0.2, 0.25) is 5.02 Å². The monoisotopic (exact) mass is 330 g/mol. The van der Waals surface area contributed by atoms with Crippen LogP contribution in [-0.4, -0.2) is 17.4 Å². The van der Waals surface area contributed by atoms with E-state index in [0.717, 1.165) is 30.5 Å². The predicted octanol–water partition coefficient (Wildman–Crippen LogP) is 4.23. The fourth-order valence-corrected chi connectivity index (χ4v) is 3.05. The summed E-state index contributed by atoms with van der Waals surface area (Å²) in [6.45, 7) is 0.551. The van der Waals surface area contributed by atoms with Crippen molar-refractivity contribution in [3.63, 3.8) is 0 Å². The van der Waals surface area contributed by atoms with E-state index < -0.39 is 4.92 Å². The number of benzene rings is 2. The van der Waals surface area contributed by atoms with Gasteiger partial charge in [-0.05, 0) is 43.0 Å². The van der Waals surface area contributed by atoms with E-state index in [9.17, 15) is 14.9 Å². The maximum absolute atomic E-state index is 12.9. The second-order valence-electron chi connectivity index (χ2n) is 5.46. The highest BCUT2D eigenvalue weighted by molar-refractivity contribution is 6.31. The molecule has 0 saturated heterocycles. The Kier molecular flexibility index (Phi) is 4.30. The summed E-state index contributed by atoms with van der Waals surface area (Å²) in [6.07, 6.45) is 2.76. The molecule has 0 bridgehead atoms. The van der Waals surface area contributed by atoms with Gasteiger partial charge >= 0.3 is 0 Å². The Morgan fingerprint density at radius 1 is 1.17 bits per heavy atom. The van der Waals surface area contributed by atoms with Gasteiger partial charge in [-0.25, -0.2) is 0 Å². The molecule has 0 aliphatic carbocycles. The molecule has 0 aromatic heterocycles. The van der Waals surface area contributed by atoms with Gasteiger partial charge in [-0.2, -0.15) is 0 Å². The number of rotatable bonds is 2. The van der Waals surface area contributed by atoms with Gasteiger partial charge in [0.25, 0.3) is 11.6 Å². The number of anilines is 1. The van der Waals surface area contributed by atoms with E-state index in [-0.39, 0.29) is 22.2 Å². The number of nitro groups is 1. The molecule has 2 aromatic rings. The van der Waals surface area contributed by atoms with Gasteiger partial charge in [-0.1, -0.05) is 29.8 Å². The number of aryl methyl sites for hydroxylation is 1. The number of para-hydroxylation sites is 1. The molecule has 0 N–H and O–H groups in total. The average molecular weight is 331 g/mol. The molecule has 6 heteroatoms. The van der Waals surface area contributed by atoms with Crippen LogP contribution in [0.4, 0.5) is 11.4 Å². The number of nitrogens with zero attached hydrogens (tertiary/aromatic N) is 2. The van der Waals surface area contributed by atoms with Crippen molar-refractivity contribution < 1.29 is 9.72 Å². The first kappa shape index (κ1) is 15.5. The van der Waals surface area contributed by atoms with E-state index in [0.29, 0.717) is 6.54 Å². The molecule has 1 amide bonds. The number of hydrogen-bond donors (Lipinski definition) is 0. The summed E-state index contributed by atoms with van der Waals surface area (Å²) in [5, 5.41) is 11.5. The summed E-state index contributed by atoms with van der Waals surface area (Å²) < 4.78 is 0. The molecular weight excluding hydrogens is 316 g/mol. The molecule has 1 aliphatic heterocycles. The SMILES string of the molecule is O=C(c1ccc(Cl)cc1[N+](=O)[O-])N1CCCCc2ccccc21. The Morgan fingerprint density at radius 3 is 2.74 bits per heavy atom. The number of halogens is 1. The first-order valence-electron chi connectivity index (χ1n) is 7.41. The molecule has 23 heavy (non-hydrogen) atoms. The predicted molar refractivity (Wildman–Crippen MR) is 89.2 cm³/mol. The van der Waals surface area contributed by atoms with Crippen LogP contribution in [0.3, 0.4) is 0 Å². The minimum atomic E-state index is -0.567. The lowest BCUT2D eigenvalue weighted by Gasteiger charge is -2.23. The highest BCUT2D eigenvalue weighted by atomic mass is 35.5. The number of fused-ring (bicyclic) bond motifs is 1. The van der Waals surface area contributed by atoms with E-state index in [4.69, 9.17) is 11.6 Å². The summed E-state index contributed by atoms with van der Waals surface area (Å²) in [4.78, 5) is 25.3. The lowest BCUT2D eigenvalue weighted by Crippen LogP contribution is -2.32. The van der Waals surface area contributed by atoms with Gasteiger partial charge in [0.05, 0.1) is 4.92 Å². The molecule has 2 aromatic carbocycles. The van der Waals surface area contributed by atoms with E-state index >= 15 is 0 Å². The van der Waals surface area contributed by atoms with Crippen LogP contribution in [0.1, 0.15) is 28.8 Å². The molecule has 3 rings (SSSR count). The second-order valence-corrected chi connectivity index (χ2v) is 5.90. The molecule has 0 saturated carbocycles. The summed E-state index contributed by atoms with van der Waals surface area (Å²) in [5.41, 5.74) is 1.73. The van der Waals surface area contributed by atoms with E-state index in [1.54, 1.807) is 4.90 Å². The van der Waals surface area contributed by atoms with Crippen LogP contribution in [0.5, 0.6) is 0 Å². The van der Waals surface area contributed by atoms with Crippen molar-refractivity contribution in [3.05, 3.63) is 68.7 Å². The molecule has 0 unspecified atom stereocenters. The van der Waals surface area contributed by atoms with Gasteiger partial charge in [0.15, 0.2) is 0 Å². The van der Waals surface area contributed by atoms with Crippen molar-refractivity contribution >= 4 is 28.9 Å². The maximum Gasteiger partial charge on any atom is 0.283 e. The van der Waals surface area contributed by atoms with Crippen molar-refractivity contribution in [1.82, 2.24) is 0 Å². The fourth-order valence-electron chi connectivity index (χ4n) is 2.88. The first-order valence-corrected chi connectivity index (χ1v) is 7.79. The van der Waals surface area contributed by atoms with Crippen molar-refractivity contribution in [3.8, 4) is 0 Å². The lowest BCUT2D eigenvalue weighted by atomic mass is 10.1. The molecule has 0 atom stereocenters. The minimum absolute atomic E-state index is 0.0658. The lowest BCUT2D eigenvalue weighted by molar-refractivity contribution is -0.385. The number of carbonyl (C=O) groups is 1. The van der Waals surface area contributed by atoms with Crippen LogP contribution >= 0.6 is 11.6 Å². The zero-order valence-electron chi connectivity index (χ0n) is 12.4. The summed E-state index contributed by atoms with van der Waals surface area (Å²) in [6, 6.07) is 11.9. The third kappa shape index (κ3) is 3.05. The van der Waals surface area contributed by atoms with Crippen LogP contribution in [0.15, 0.2) is 42.5 Å². The highest BCUT2D eigenvalue weighted by Crippen LogP contribution is 2.30. The van der Waals surface area contributed by atoms with Crippen molar-refractivity contribution in [2.75, 3.05) is 11.4 Å². The standard InChI is InChI=1S/C17H15ClN2O3/c18-13-8-9-14(16(11-13)20(22)23)17(21)19-10-4-3-6-12-5-1-2-7-15(12)19/h1-2,5,7-9,11H,3-4,6,10H2. The van der Waals surface area contributed by atoms with Crippen molar-refractivity contribution in [2.45, 2.75) is 19.3 Å². The highest BCUT2D eigenvalue weighted by Gasteiger charge is 2.27. The largest absolute Gasteiger partial charge is 0.308 e. The first-order chi connectivity index (χ1) is 11.1. The van der Waals surface area contributed by atoms with Gasteiger partial charge in [-0.15, -0.1) is 0 Å². The molecule has 0 spiro atoms.